The molecular formula is C19H25N3O2. The van der Waals surface area contributed by atoms with Crippen LogP contribution in [0.3, 0.4) is 0 Å². The van der Waals surface area contributed by atoms with Crippen molar-refractivity contribution in [1.82, 2.24) is 10.9 Å². The lowest BCUT2D eigenvalue weighted by atomic mass is 9.49. The maximum Gasteiger partial charge on any atom is 0.240 e. The molecule has 0 aliphatic heterocycles. The Morgan fingerprint density at radius 3 is 2.04 bits per heavy atom. The second kappa shape index (κ2) is 5.88. The zero-order chi connectivity index (χ0) is 16.7. The van der Waals surface area contributed by atoms with Crippen molar-refractivity contribution in [2.24, 2.45) is 28.9 Å². The lowest BCUT2D eigenvalue weighted by Crippen LogP contribution is -2.57. The van der Waals surface area contributed by atoms with Gasteiger partial charge in [0.05, 0.1) is 5.41 Å². The molecule has 5 heteroatoms. The molecule has 24 heavy (non-hydrogen) atoms. The van der Waals surface area contributed by atoms with E-state index in [1.165, 1.54) is 19.3 Å². The van der Waals surface area contributed by atoms with Crippen molar-refractivity contribution in [2.45, 2.75) is 44.6 Å². The first-order valence-corrected chi connectivity index (χ1v) is 8.96. The number of carbonyl (C=O) groups excluding carboxylic acids is 2. The van der Waals surface area contributed by atoms with Crippen LogP contribution in [0.1, 0.15) is 50.1 Å². The van der Waals surface area contributed by atoms with Crippen LogP contribution >= 0.6 is 0 Å². The molecule has 4 N–H and O–H groups in total. The molecule has 4 saturated carbocycles. The lowest BCUT2D eigenvalue weighted by molar-refractivity contribution is -0.147. The molecule has 4 aliphatic carbocycles. The van der Waals surface area contributed by atoms with Crippen LogP contribution in [0.15, 0.2) is 30.3 Å². The van der Waals surface area contributed by atoms with Gasteiger partial charge in [0, 0.05) is 0 Å². The van der Waals surface area contributed by atoms with Crippen LogP contribution in [-0.2, 0) is 9.59 Å². The molecular weight excluding hydrogens is 302 g/mol. The Bertz CT molecular complexity index is 608. The fourth-order valence-corrected chi connectivity index (χ4v) is 5.62. The summed E-state index contributed by atoms with van der Waals surface area (Å²) in [6.45, 7) is 0. The predicted molar refractivity (Wildman–Crippen MR) is 90.3 cm³/mol. The van der Waals surface area contributed by atoms with E-state index in [4.69, 9.17) is 5.73 Å². The van der Waals surface area contributed by atoms with Crippen LogP contribution in [0, 0.1) is 23.2 Å². The van der Waals surface area contributed by atoms with Gasteiger partial charge in [-0.3, -0.25) is 15.0 Å². The largest absolute Gasteiger partial charge is 0.368 e. The van der Waals surface area contributed by atoms with Gasteiger partial charge in [-0.1, -0.05) is 30.3 Å². The van der Waals surface area contributed by atoms with Gasteiger partial charge in [-0.15, -0.1) is 0 Å². The maximum absolute atomic E-state index is 12.9. The molecule has 0 spiro atoms. The number of amides is 2. The van der Waals surface area contributed by atoms with Crippen LogP contribution in [0.5, 0.6) is 0 Å². The number of hydrogen-bond donors (Lipinski definition) is 3. The fraction of sp³-hybridized carbons (Fsp3) is 0.579. The van der Waals surface area contributed by atoms with E-state index in [0.29, 0.717) is 17.8 Å². The smallest absolute Gasteiger partial charge is 0.240 e. The summed E-state index contributed by atoms with van der Waals surface area (Å²) in [5, 5.41) is 0. The molecule has 4 aliphatic rings. The Balaban J connectivity index is 1.45. The van der Waals surface area contributed by atoms with Gasteiger partial charge in [0.1, 0.15) is 6.04 Å². The highest BCUT2D eigenvalue weighted by Gasteiger charge is 2.54. The van der Waals surface area contributed by atoms with Crippen molar-refractivity contribution in [3.8, 4) is 0 Å². The van der Waals surface area contributed by atoms with Crippen molar-refractivity contribution in [1.29, 1.82) is 0 Å². The topological polar surface area (TPSA) is 84.2 Å². The predicted octanol–water partition coefficient (Wildman–Crippen LogP) is 2.05. The third kappa shape index (κ3) is 2.71. The first kappa shape index (κ1) is 15.6. The average molecular weight is 327 g/mol. The van der Waals surface area contributed by atoms with E-state index in [0.717, 1.165) is 24.8 Å². The number of benzene rings is 1. The van der Waals surface area contributed by atoms with Crippen molar-refractivity contribution in [3.05, 3.63) is 35.9 Å². The zero-order valence-corrected chi connectivity index (χ0v) is 13.8. The Morgan fingerprint density at radius 2 is 1.54 bits per heavy atom. The number of hydrazine groups is 1. The van der Waals surface area contributed by atoms with Gasteiger partial charge in [0.2, 0.25) is 11.8 Å². The van der Waals surface area contributed by atoms with E-state index in [1.807, 2.05) is 30.3 Å². The van der Waals surface area contributed by atoms with Gasteiger partial charge < -0.3 is 5.73 Å². The average Bonchev–Trinajstić information content (AvgIpc) is 2.54. The van der Waals surface area contributed by atoms with Gasteiger partial charge in [-0.2, -0.15) is 0 Å². The molecule has 2 amide bonds. The summed E-state index contributed by atoms with van der Waals surface area (Å²) in [5.74, 6) is 1.69. The molecule has 128 valence electrons. The fourth-order valence-electron chi connectivity index (χ4n) is 5.62. The normalized spacial score (nSPS) is 34.8. The molecule has 5 nitrogen and oxygen atoms in total. The second-order valence-electron chi connectivity index (χ2n) is 8.04. The summed E-state index contributed by atoms with van der Waals surface area (Å²) < 4.78 is 0. The maximum atomic E-state index is 12.9. The summed E-state index contributed by atoms with van der Waals surface area (Å²) in [6.07, 6.45) is 6.90. The number of rotatable bonds is 5. The van der Waals surface area contributed by atoms with Crippen molar-refractivity contribution < 1.29 is 9.59 Å². The van der Waals surface area contributed by atoms with E-state index in [2.05, 4.69) is 10.9 Å². The van der Waals surface area contributed by atoms with Crippen LogP contribution in [0.2, 0.25) is 0 Å². The molecule has 1 aromatic carbocycles. The van der Waals surface area contributed by atoms with Gasteiger partial charge in [-0.25, -0.2) is 5.43 Å². The summed E-state index contributed by atoms with van der Waals surface area (Å²) >= 11 is 0. The minimum atomic E-state index is -0.705. The van der Waals surface area contributed by atoms with E-state index in [-0.39, 0.29) is 11.3 Å². The zero-order valence-electron chi connectivity index (χ0n) is 13.8. The van der Waals surface area contributed by atoms with Crippen LogP contribution < -0.4 is 16.6 Å². The molecule has 0 aromatic heterocycles. The first-order chi connectivity index (χ1) is 11.6. The van der Waals surface area contributed by atoms with Crippen LogP contribution in [0.25, 0.3) is 0 Å². The number of nitrogens with one attached hydrogen (secondary N) is 2. The minimum absolute atomic E-state index is 0.0452. The summed E-state index contributed by atoms with van der Waals surface area (Å²) in [4.78, 5) is 24.7. The highest BCUT2D eigenvalue weighted by Crippen LogP contribution is 2.60. The molecule has 0 saturated heterocycles. The summed E-state index contributed by atoms with van der Waals surface area (Å²) in [6, 6.07) is 8.56. The highest BCUT2D eigenvalue weighted by molar-refractivity contribution is 5.85. The van der Waals surface area contributed by atoms with Crippen LogP contribution in [-0.4, -0.2) is 11.8 Å². The Labute approximate surface area is 142 Å². The molecule has 0 heterocycles. The van der Waals surface area contributed by atoms with Gasteiger partial charge >= 0.3 is 0 Å². The molecule has 0 radical (unpaired) electrons. The minimum Gasteiger partial charge on any atom is -0.368 e. The third-order valence-electron chi connectivity index (χ3n) is 6.27. The molecule has 4 bridgehead atoms. The standard InChI is InChI=1S/C19H25N3O2/c20-17(23)16(15-4-2-1-3-5-15)21-22-18(24)19-9-12-6-13(10-19)8-14(7-12)11-19/h1-5,12-14,16,21H,6-11H2,(H2,20,23)(H,22,24)/t12?,13?,14?,16-,19?/m0/s1. The lowest BCUT2D eigenvalue weighted by Gasteiger charge is -2.55. The Morgan fingerprint density at radius 1 is 1.00 bits per heavy atom. The third-order valence-corrected chi connectivity index (χ3v) is 6.27. The van der Waals surface area contributed by atoms with Crippen molar-refractivity contribution in [3.63, 3.8) is 0 Å². The molecule has 1 atom stereocenters. The summed E-state index contributed by atoms with van der Waals surface area (Å²) in [7, 11) is 0. The Hall–Kier alpha value is -1.88. The van der Waals surface area contributed by atoms with Gasteiger partial charge in [-0.05, 0) is 61.8 Å². The molecule has 5 rings (SSSR count). The SMILES string of the molecule is NC(=O)[C@@H](NNC(=O)C12CC3CC(CC(C3)C1)C2)c1ccccc1. The summed E-state index contributed by atoms with van der Waals surface area (Å²) in [5.41, 5.74) is 11.7. The monoisotopic (exact) mass is 327 g/mol. The number of primary amides is 1. The molecule has 1 aromatic rings. The second-order valence-corrected chi connectivity index (χ2v) is 8.04. The van der Waals surface area contributed by atoms with Crippen molar-refractivity contribution >= 4 is 11.8 Å². The highest BCUT2D eigenvalue weighted by atomic mass is 16.2. The van der Waals surface area contributed by atoms with Gasteiger partial charge in [0.25, 0.3) is 0 Å². The van der Waals surface area contributed by atoms with Gasteiger partial charge in [0.15, 0.2) is 0 Å². The van der Waals surface area contributed by atoms with E-state index >= 15 is 0 Å². The van der Waals surface area contributed by atoms with E-state index in [9.17, 15) is 9.59 Å². The van der Waals surface area contributed by atoms with E-state index in [1.54, 1.807) is 0 Å². The van der Waals surface area contributed by atoms with E-state index < -0.39 is 11.9 Å². The number of hydrogen-bond acceptors (Lipinski definition) is 3. The number of nitrogens with two attached hydrogens (primary N) is 1. The first-order valence-electron chi connectivity index (χ1n) is 8.96. The Kier molecular flexibility index (Phi) is 3.83. The molecule has 4 fully saturated rings. The quantitative estimate of drug-likeness (QED) is 0.724. The number of carbonyl (C=O) groups is 2. The van der Waals surface area contributed by atoms with Crippen molar-refractivity contribution in [2.75, 3.05) is 0 Å². The molecule has 0 unspecified atom stereocenters. The van der Waals surface area contributed by atoms with Crippen LogP contribution in [0.4, 0.5) is 0 Å².